The maximum atomic E-state index is 12.5. The summed E-state index contributed by atoms with van der Waals surface area (Å²) in [6, 6.07) is 4.83. The third-order valence-corrected chi connectivity index (χ3v) is 6.19. The maximum absolute atomic E-state index is 12.5. The Morgan fingerprint density at radius 3 is 2.38 bits per heavy atom. The van der Waals surface area contributed by atoms with Gasteiger partial charge < -0.3 is 34.3 Å². The van der Waals surface area contributed by atoms with E-state index in [0.29, 0.717) is 55.7 Å². The molecule has 1 heterocycles. The van der Waals surface area contributed by atoms with Gasteiger partial charge >= 0.3 is 6.09 Å². The van der Waals surface area contributed by atoms with Crippen molar-refractivity contribution < 1.29 is 28.7 Å². The number of benzene rings is 1. The van der Waals surface area contributed by atoms with Gasteiger partial charge in [-0.1, -0.05) is 31.8 Å². The second kappa shape index (κ2) is 17.2. The fourth-order valence-corrected chi connectivity index (χ4v) is 4.22. The zero-order chi connectivity index (χ0) is 30.3. The number of para-hydroxylation sites is 1. The fourth-order valence-electron chi connectivity index (χ4n) is 4.22. The van der Waals surface area contributed by atoms with Crippen LogP contribution >= 0.6 is 0 Å². The van der Waals surface area contributed by atoms with Crippen LogP contribution in [-0.2, 0) is 23.9 Å². The van der Waals surface area contributed by atoms with Crippen LogP contribution in [0.2, 0.25) is 0 Å². The molecule has 1 aromatic carbocycles. The van der Waals surface area contributed by atoms with Crippen molar-refractivity contribution >= 4 is 36.1 Å². The quantitative estimate of drug-likeness (QED) is 0.345. The molecule has 1 saturated heterocycles. The zero-order valence-corrected chi connectivity index (χ0v) is 25.3. The summed E-state index contributed by atoms with van der Waals surface area (Å²) in [5.41, 5.74) is 1.28. The Morgan fingerprint density at radius 2 is 1.82 bits per heavy atom. The van der Waals surface area contributed by atoms with E-state index in [1.807, 2.05) is 46.8 Å². The van der Waals surface area contributed by atoms with Gasteiger partial charge in [0.15, 0.2) is 0 Å². The summed E-state index contributed by atoms with van der Waals surface area (Å²) in [4.78, 5) is 52.3. The summed E-state index contributed by atoms with van der Waals surface area (Å²) in [7, 11) is 4.93. The third kappa shape index (κ3) is 10.5. The third-order valence-electron chi connectivity index (χ3n) is 6.19. The van der Waals surface area contributed by atoms with Crippen LogP contribution < -0.4 is 15.1 Å². The number of amides is 3. The zero-order valence-electron chi connectivity index (χ0n) is 25.3. The molecule has 2 rings (SSSR count). The van der Waals surface area contributed by atoms with E-state index in [-0.39, 0.29) is 31.1 Å². The topological polar surface area (TPSA) is 108 Å². The first-order valence-electron chi connectivity index (χ1n) is 13.8. The molecule has 10 heteroatoms. The molecule has 40 heavy (non-hydrogen) atoms. The highest BCUT2D eigenvalue weighted by molar-refractivity contribution is 5.91. The lowest BCUT2D eigenvalue weighted by atomic mass is 10.1. The molecule has 0 radical (unpaired) electrons. The summed E-state index contributed by atoms with van der Waals surface area (Å²) < 4.78 is 11.4. The number of aldehydes is 1. The van der Waals surface area contributed by atoms with Crippen molar-refractivity contribution in [1.82, 2.24) is 10.2 Å². The molecule has 10 nitrogen and oxygen atoms in total. The van der Waals surface area contributed by atoms with E-state index in [9.17, 15) is 19.2 Å². The molecule has 222 valence electrons. The van der Waals surface area contributed by atoms with Gasteiger partial charge in [-0.25, -0.2) is 4.79 Å². The second-order valence-electron chi connectivity index (χ2n) is 10.2. The van der Waals surface area contributed by atoms with E-state index in [1.165, 1.54) is 4.90 Å². The standard InChI is InChI=1S/C28H40N4O6.C2H6/c1-28(2,3)38-27(36)32-16-14-22(15-17-32)37-19-9-11-21-10-7-12-23(25(21)30(5)20-34)31(6)24(13-8-18-33)26(35)29-4;1-2/h7,10,12,18,20,22,24H,8,13-17,19H2,1-6H3,(H,29,35);1-2H3. The first-order chi connectivity index (χ1) is 19.0. The lowest BCUT2D eigenvalue weighted by molar-refractivity contribution is -0.122. The van der Waals surface area contributed by atoms with Gasteiger partial charge in [-0.2, -0.15) is 0 Å². The number of hydrogen-bond donors (Lipinski definition) is 1. The molecule has 3 amide bonds. The van der Waals surface area contributed by atoms with Crippen LogP contribution in [0, 0.1) is 11.8 Å². The van der Waals surface area contributed by atoms with Crippen LogP contribution in [-0.4, -0.2) is 88.2 Å². The highest BCUT2D eigenvalue weighted by Gasteiger charge is 2.28. The first kappa shape index (κ1) is 34.4. The molecule has 0 saturated carbocycles. The van der Waals surface area contributed by atoms with Crippen molar-refractivity contribution in [2.45, 2.75) is 78.0 Å². The van der Waals surface area contributed by atoms with Crippen molar-refractivity contribution in [1.29, 1.82) is 0 Å². The molecule has 0 aliphatic carbocycles. The number of carbonyl (C=O) groups is 4. The van der Waals surface area contributed by atoms with E-state index >= 15 is 0 Å². The number of nitrogens with zero attached hydrogens (tertiary/aromatic N) is 3. The predicted molar refractivity (Wildman–Crippen MR) is 157 cm³/mol. The SMILES string of the molecule is CC.CNC(=O)C(CCC=O)N(C)c1cccc(C#CCOC2CCN(C(=O)OC(C)(C)C)CC2)c1N(C)C=O. The minimum absolute atomic E-state index is 0.0105. The van der Waals surface area contributed by atoms with Crippen molar-refractivity contribution in [3.05, 3.63) is 23.8 Å². The molecule has 1 fully saturated rings. The van der Waals surface area contributed by atoms with Crippen molar-refractivity contribution in [3.63, 3.8) is 0 Å². The van der Waals surface area contributed by atoms with Crippen LogP contribution in [0.1, 0.15) is 65.9 Å². The van der Waals surface area contributed by atoms with Gasteiger partial charge in [0, 0.05) is 40.7 Å². The molecular weight excluding hydrogens is 512 g/mol. The second-order valence-corrected chi connectivity index (χ2v) is 10.2. The number of ether oxygens (including phenoxy) is 2. The number of hydrogen-bond acceptors (Lipinski definition) is 7. The van der Waals surface area contributed by atoms with Crippen LogP contribution in [0.15, 0.2) is 18.2 Å². The Bertz CT molecular complexity index is 1030. The summed E-state index contributed by atoms with van der Waals surface area (Å²) >= 11 is 0. The molecule has 0 aromatic heterocycles. The highest BCUT2D eigenvalue weighted by atomic mass is 16.6. The molecule has 1 aliphatic heterocycles. The van der Waals surface area contributed by atoms with Gasteiger partial charge in [-0.05, 0) is 52.2 Å². The molecular formula is C30H46N4O6. The first-order valence-corrected chi connectivity index (χ1v) is 13.8. The molecule has 1 aliphatic rings. The van der Waals surface area contributed by atoms with Crippen LogP contribution in [0.3, 0.4) is 0 Å². The highest BCUT2D eigenvalue weighted by Crippen LogP contribution is 2.33. The normalized spacial score (nSPS) is 13.9. The van der Waals surface area contributed by atoms with E-state index in [2.05, 4.69) is 17.2 Å². The van der Waals surface area contributed by atoms with Gasteiger partial charge in [-0.3, -0.25) is 9.59 Å². The number of carbonyl (C=O) groups excluding carboxylic acids is 4. The summed E-state index contributed by atoms with van der Waals surface area (Å²) in [6.07, 6.45) is 3.11. The Kier molecular flexibility index (Phi) is 14.8. The van der Waals surface area contributed by atoms with Crippen LogP contribution in [0.5, 0.6) is 0 Å². The van der Waals surface area contributed by atoms with Crippen LogP contribution in [0.4, 0.5) is 16.2 Å². The Labute approximate surface area is 239 Å². The average molecular weight is 559 g/mol. The van der Waals surface area contributed by atoms with E-state index in [1.54, 1.807) is 37.0 Å². The number of anilines is 2. The molecule has 1 N–H and O–H groups in total. The average Bonchev–Trinajstić information content (AvgIpc) is 2.95. The number of piperidine rings is 1. The number of likely N-dealkylation sites (tertiary alicyclic amines) is 1. The van der Waals surface area contributed by atoms with Gasteiger partial charge in [0.2, 0.25) is 12.3 Å². The van der Waals surface area contributed by atoms with E-state index in [0.717, 1.165) is 6.29 Å². The molecule has 0 spiro atoms. The summed E-state index contributed by atoms with van der Waals surface area (Å²) in [5.74, 6) is 5.91. The summed E-state index contributed by atoms with van der Waals surface area (Å²) in [5, 5.41) is 2.64. The van der Waals surface area contributed by atoms with Gasteiger partial charge in [0.1, 0.15) is 24.5 Å². The lowest BCUT2D eigenvalue weighted by Gasteiger charge is -2.33. The van der Waals surface area contributed by atoms with Gasteiger partial charge in [0.05, 0.1) is 23.0 Å². The number of likely N-dealkylation sites (N-methyl/N-ethyl adjacent to an activating group) is 2. The minimum Gasteiger partial charge on any atom is -0.444 e. The van der Waals surface area contributed by atoms with Crippen molar-refractivity contribution in [3.8, 4) is 11.8 Å². The molecule has 1 atom stereocenters. The lowest BCUT2D eigenvalue weighted by Crippen LogP contribution is -2.44. The Hall–Kier alpha value is -3.58. The molecule has 0 bridgehead atoms. The predicted octanol–water partition coefficient (Wildman–Crippen LogP) is 3.60. The largest absolute Gasteiger partial charge is 0.444 e. The van der Waals surface area contributed by atoms with Crippen molar-refractivity contribution in [2.75, 3.05) is 50.6 Å². The summed E-state index contributed by atoms with van der Waals surface area (Å²) in [6.45, 7) is 10.9. The van der Waals surface area contributed by atoms with Crippen LogP contribution in [0.25, 0.3) is 0 Å². The Morgan fingerprint density at radius 1 is 1.18 bits per heavy atom. The van der Waals surface area contributed by atoms with E-state index in [4.69, 9.17) is 9.47 Å². The van der Waals surface area contributed by atoms with Gasteiger partial charge in [-0.15, -0.1) is 0 Å². The van der Waals surface area contributed by atoms with Crippen molar-refractivity contribution in [2.24, 2.45) is 0 Å². The number of nitrogens with one attached hydrogen (secondary N) is 1. The molecule has 1 unspecified atom stereocenters. The van der Waals surface area contributed by atoms with Gasteiger partial charge in [0.25, 0.3) is 0 Å². The maximum Gasteiger partial charge on any atom is 0.410 e. The smallest absolute Gasteiger partial charge is 0.410 e. The van der Waals surface area contributed by atoms with E-state index < -0.39 is 11.6 Å². The number of rotatable bonds is 10. The minimum atomic E-state index is -0.595. The molecule has 1 aromatic rings. The Balaban J connectivity index is 0.00000391. The monoisotopic (exact) mass is 558 g/mol. The fraction of sp³-hybridized carbons (Fsp3) is 0.600.